The molecule has 1 amide bonds. The zero-order valence-corrected chi connectivity index (χ0v) is 12.5. The van der Waals surface area contributed by atoms with E-state index in [9.17, 15) is 4.79 Å². The van der Waals surface area contributed by atoms with Crippen molar-refractivity contribution < 1.29 is 4.79 Å². The van der Waals surface area contributed by atoms with Gasteiger partial charge in [0.1, 0.15) is 0 Å². The van der Waals surface area contributed by atoms with E-state index in [2.05, 4.69) is 17.1 Å². The standard InChI is InChI=1S/C16H30N2O/c1-2-18(13-15-8-5-11-17-12-15)16(19)10-9-14-6-3-4-7-14/h14-15,17H,2-13H2,1H3. The van der Waals surface area contributed by atoms with Gasteiger partial charge in [-0.05, 0) is 51.1 Å². The van der Waals surface area contributed by atoms with Crippen molar-refractivity contribution in [3.05, 3.63) is 0 Å². The highest BCUT2D eigenvalue weighted by Crippen LogP contribution is 2.28. The van der Waals surface area contributed by atoms with Gasteiger partial charge in [0.2, 0.25) is 5.91 Å². The SMILES string of the molecule is CCN(CC1CCCNC1)C(=O)CCC1CCCC1. The predicted octanol–water partition coefficient (Wildman–Crippen LogP) is 2.80. The van der Waals surface area contributed by atoms with Crippen molar-refractivity contribution in [2.24, 2.45) is 11.8 Å². The van der Waals surface area contributed by atoms with Crippen LogP contribution in [0.1, 0.15) is 58.3 Å². The maximum atomic E-state index is 12.3. The van der Waals surface area contributed by atoms with E-state index >= 15 is 0 Å². The Kier molecular flexibility index (Phi) is 6.15. The topological polar surface area (TPSA) is 32.3 Å². The summed E-state index contributed by atoms with van der Waals surface area (Å²) in [5.41, 5.74) is 0. The van der Waals surface area contributed by atoms with Gasteiger partial charge in [-0.15, -0.1) is 0 Å². The van der Waals surface area contributed by atoms with Crippen LogP contribution in [0.3, 0.4) is 0 Å². The van der Waals surface area contributed by atoms with Gasteiger partial charge in [0.25, 0.3) is 0 Å². The Morgan fingerprint density at radius 1 is 1.16 bits per heavy atom. The first-order valence-electron chi connectivity index (χ1n) is 8.28. The summed E-state index contributed by atoms with van der Waals surface area (Å²) in [5, 5.41) is 3.44. The fraction of sp³-hybridized carbons (Fsp3) is 0.938. The van der Waals surface area contributed by atoms with E-state index in [1.165, 1.54) is 38.5 Å². The molecule has 2 rings (SSSR count). The third-order valence-electron chi connectivity index (χ3n) is 4.85. The number of amides is 1. The molecule has 110 valence electrons. The highest BCUT2D eigenvalue weighted by atomic mass is 16.2. The van der Waals surface area contributed by atoms with Crippen LogP contribution in [-0.2, 0) is 4.79 Å². The third-order valence-corrected chi connectivity index (χ3v) is 4.85. The molecule has 1 saturated carbocycles. The average Bonchev–Trinajstić information content (AvgIpc) is 2.96. The zero-order valence-electron chi connectivity index (χ0n) is 12.5. The van der Waals surface area contributed by atoms with Gasteiger partial charge in [-0.1, -0.05) is 25.7 Å². The number of carbonyl (C=O) groups excluding carboxylic acids is 1. The number of hydrogen-bond donors (Lipinski definition) is 1. The summed E-state index contributed by atoms with van der Waals surface area (Å²) in [7, 11) is 0. The number of nitrogens with zero attached hydrogens (tertiary/aromatic N) is 1. The first kappa shape index (κ1) is 14.8. The summed E-state index contributed by atoms with van der Waals surface area (Å²) >= 11 is 0. The van der Waals surface area contributed by atoms with Crippen molar-refractivity contribution in [3.63, 3.8) is 0 Å². The maximum Gasteiger partial charge on any atom is 0.222 e. The van der Waals surface area contributed by atoms with Crippen LogP contribution in [0.25, 0.3) is 0 Å². The highest BCUT2D eigenvalue weighted by Gasteiger charge is 2.21. The molecule has 0 aromatic heterocycles. The minimum absolute atomic E-state index is 0.389. The Morgan fingerprint density at radius 2 is 1.89 bits per heavy atom. The van der Waals surface area contributed by atoms with Crippen LogP contribution in [0.4, 0.5) is 0 Å². The molecular formula is C16H30N2O. The van der Waals surface area contributed by atoms with E-state index in [-0.39, 0.29) is 0 Å². The van der Waals surface area contributed by atoms with Gasteiger partial charge in [0.05, 0.1) is 0 Å². The number of nitrogens with one attached hydrogen (secondary N) is 1. The van der Waals surface area contributed by atoms with Gasteiger partial charge < -0.3 is 10.2 Å². The number of carbonyl (C=O) groups is 1. The average molecular weight is 266 g/mol. The van der Waals surface area contributed by atoms with Gasteiger partial charge in [0, 0.05) is 19.5 Å². The molecule has 3 nitrogen and oxygen atoms in total. The first-order valence-corrected chi connectivity index (χ1v) is 8.28. The lowest BCUT2D eigenvalue weighted by molar-refractivity contribution is -0.132. The van der Waals surface area contributed by atoms with Crippen molar-refractivity contribution in [1.82, 2.24) is 10.2 Å². The predicted molar refractivity (Wildman–Crippen MR) is 79.0 cm³/mol. The smallest absolute Gasteiger partial charge is 0.222 e. The fourth-order valence-electron chi connectivity index (χ4n) is 3.58. The molecular weight excluding hydrogens is 236 g/mol. The van der Waals surface area contributed by atoms with Gasteiger partial charge in [-0.3, -0.25) is 4.79 Å². The van der Waals surface area contributed by atoms with E-state index in [0.29, 0.717) is 11.8 Å². The summed E-state index contributed by atoms with van der Waals surface area (Å²) < 4.78 is 0. The quantitative estimate of drug-likeness (QED) is 0.802. The Labute approximate surface area is 118 Å². The molecule has 1 aliphatic carbocycles. The van der Waals surface area contributed by atoms with Gasteiger partial charge in [-0.2, -0.15) is 0 Å². The molecule has 2 aliphatic rings. The highest BCUT2D eigenvalue weighted by molar-refractivity contribution is 5.76. The number of piperidine rings is 1. The summed E-state index contributed by atoms with van der Waals surface area (Å²) in [6.45, 7) is 6.20. The van der Waals surface area contributed by atoms with Gasteiger partial charge in [0.15, 0.2) is 0 Å². The van der Waals surface area contributed by atoms with Crippen LogP contribution in [-0.4, -0.2) is 37.0 Å². The fourth-order valence-corrected chi connectivity index (χ4v) is 3.58. The Hall–Kier alpha value is -0.570. The largest absolute Gasteiger partial charge is 0.343 e. The van der Waals surface area contributed by atoms with E-state index in [1.54, 1.807) is 0 Å². The van der Waals surface area contributed by atoms with E-state index < -0.39 is 0 Å². The van der Waals surface area contributed by atoms with Gasteiger partial charge in [-0.25, -0.2) is 0 Å². The molecule has 0 bridgehead atoms. The normalized spacial score (nSPS) is 24.6. The molecule has 3 heteroatoms. The van der Waals surface area contributed by atoms with Crippen LogP contribution in [0.2, 0.25) is 0 Å². The molecule has 0 aromatic carbocycles. The minimum Gasteiger partial charge on any atom is -0.343 e. The van der Waals surface area contributed by atoms with Crippen molar-refractivity contribution in [2.75, 3.05) is 26.2 Å². The molecule has 1 N–H and O–H groups in total. The molecule has 2 fully saturated rings. The van der Waals surface area contributed by atoms with Crippen LogP contribution in [0.5, 0.6) is 0 Å². The second kappa shape index (κ2) is 7.88. The molecule has 1 heterocycles. The van der Waals surface area contributed by atoms with Crippen molar-refractivity contribution in [1.29, 1.82) is 0 Å². The number of rotatable bonds is 6. The maximum absolute atomic E-state index is 12.3. The van der Waals surface area contributed by atoms with Crippen molar-refractivity contribution in [2.45, 2.75) is 58.3 Å². The first-order chi connectivity index (χ1) is 9.29. The summed E-state index contributed by atoms with van der Waals surface area (Å²) in [6, 6.07) is 0. The summed E-state index contributed by atoms with van der Waals surface area (Å²) in [6.07, 6.45) is 9.90. The summed E-state index contributed by atoms with van der Waals surface area (Å²) in [4.78, 5) is 14.4. The zero-order chi connectivity index (χ0) is 13.5. The lowest BCUT2D eigenvalue weighted by atomic mass is 9.98. The van der Waals surface area contributed by atoms with E-state index in [4.69, 9.17) is 0 Å². The lowest BCUT2D eigenvalue weighted by Gasteiger charge is -2.29. The number of hydrogen-bond acceptors (Lipinski definition) is 2. The molecule has 1 aliphatic heterocycles. The molecule has 0 aromatic rings. The third kappa shape index (κ3) is 4.79. The van der Waals surface area contributed by atoms with E-state index in [1.807, 2.05) is 0 Å². The summed E-state index contributed by atoms with van der Waals surface area (Å²) in [5.74, 6) is 1.89. The van der Waals surface area contributed by atoms with Crippen LogP contribution < -0.4 is 5.32 Å². The van der Waals surface area contributed by atoms with Crippen molar-refractivity contribution >= 4 is 5.91 Å². The van der Waals surface area contributed by atoms with Crippen molar-refractivity contribution in [3.8, 4) is 0 Å². The second-order valence-electron chi connectivity index (χ2n) is 6.33. The Balaban J connectivity index is 1.70. The molecule has 0 spiro atoms. The monoisotopic (exact) mass is 266 g/mol. The minimum atomic E-state index is 0.389. The molecule has 1 saturated heterocycles. The Bertz CT molecular complexity index is 268. The van der Waals surface area contributed by atoms with Crippen LogP contribution >= 0.6 is 0 Å². The lowest BCUT2D eigenvalue weighted by Crippen LogP contribution is -2.41. The Morgan fingerprint density at radius 3 is 2.53 bits per heavy atom. The second-order valence-corrected chi connectivity index (χ2v) is 6.33. The van der Waals surface area contributed by atoms with Crippen LogP contribution in [0, 0.1) is 11.8 Å². The molecule has 0 radical (unpaired) electrons. The molecule has 19 heavy (non-hydrogen) atoms. The van der Waals surface area contributed by atoms with Gasteiger partial charge >= 0.3 is 0 Å². The van der Waals surface area contributed by atoms with Crippen LogP contribution in [0.15, 0.2) is 0 Å². The molecule has 1 atom stereocenters. The van der Waals surface area contributed by atoms with E-state index in [0.717, 1.165) is 44.9 Å². The molecule has 1 unspecified atom stereocenters.